The lowest BCUT2D eigenvalue weighted by Crippen LogP contribution is -2.31. The van der Waals surface area contributed by atoms with Gasteiger partial charge in [0.25, 0.3) is 0 Å². The van der Waals surface area contributed by atoms with Gasteiger partial charge < -0.3 is 4.84 Å². The Hall–Kier alpha value is -2.29. The summed E-state index contributed by atoms with van der Waals surface area (Å²) in [5.74, 6) is 0.928. The summed E-state index contributed by atoms with van der Waals surface area (Å²) < 4.78 is 0. The Labute approximate surface area is 112 Å². The van der Waals surface area contributed by atoms with Gasteiger partial charge in [-0.2, -0.15) is 0 Å². The Bertz CT molecular complexity index is 719. The van der Waals surface area contributed by atoms with Crippen LogP contribution in [-0.4, -0.2) is 12.6 Å². The minimum absolute atomic E-state index is 0.499. The largest absolute Gasteiger partial charge is 0.371 e. The third kappa shape index (κ3) is 1.35. The van der Waals surface area contributed by atoms with Gasteiger partial charge in [-0.15, -0.1) is 0 Å². The van der Waals surface area contributed by atoms with Gasteiger partial charge in [0, 0.05) is 11.1 Å². The quantitative estimate of drug-likeness (QED) is 0.715. The molecule has 2 aromatic carbocycles. The summed E-state index contributed by atoms with van der Waals surface area (Å²) in [5, 5.41) is 4.21. The Balaban J connectivity index is 2.09. The van der Waals surface area contributed by atoms with E-state index in [0.717, 1.165) is 5.84 Å². The van der Waals surface area contributed by atoms with Gasteiger partial charge in [0.05, 0.1) is 5.69 Å². The molecule has 0 spiro atoms. The van der Waals surface area contributed by atoms with Crippen LogP contribution in [0.15, 0.2) is 41.6 Å². The molecule has 0 N–H and O–H groups in total. The maximum Gasteiger partial charge on any atom is 0.195 e. The number of aryl methyl sites for hydroxylation is 2. The van der Waals surface area contributed by atoms with Gasteiger partial charge in [-0.1, -0.05) is 29.4 Å². The topological polar surface area (TPSA) is 24.8 Å². The summed E-state index contributed by atoms with van der Waals surface area (Å²) in [5.41, 5.74) is 7.44. The van der Waals surface area contributed by atoms with E-state index in [4.69, 9.17) is 4.84 Å². The van der Waals surface area contributed by atoms with Gasteiger partial charge in [-0.25, -0.2) is 0 Å². The third-order valence-electron chi connectivity index (χ3n) is 3.95. The molecule has 94 valence electrons. The number of anilines is 1. The molecule has 0 unspecified atom stereocenters. The highest BCUT2D eigenvalue weighted by Crippen LogP contribution is 2.41. The van der Waals surface area contributed by atoms with Gasteiger partial charge in [-0.3, -0.25) is 4.90 Å². The first-order valence-electron chi connectivity index (χ1n) is 6.44. The summed E-state index contributed by atoms with van der Waals surface area (Å²) in [7, 11) is 0. The van der Waals surface area contributed by atoms with E-state index in [1.807, 2.05) is 0 Å². The first-order chi connectivity index (χ1) is 9.25. The van der Waals surface area contributed by atoms with Crippen molar-refractivity contribution in [3.8, 4) is 11.1 Å². The van der Waals surface area contributed by atoms with E-state index >= 15 is 0 Å². The first-order valence-corrected chi connectivity index (χ1v) is 6.44. The van der Waals surface area contributed by atoms with Crippen molar-refractivity contribution in [2.24, 2.45) is 5.16 Å². The molecule has 0 fully saturated rings. The molecule has 2 heterocycles. The number of amidine groups is 1. The monoisotopic (exact) mass is 250 g/mol. The van der Waals surface area contributed by atoms with Gasteiger partial charge in [0.15, 0.2) is 12.6 Å². The van der Waals surface area contributed by atoms with E-state index in [2.05, 4.69) is 60.3 Å². The van der Waals surface area contributed by atoms with Crippen LogP contribution in [0.3, 0.4) is 0 Å². The zero-order chi connectivity index (χ0) is 13.0. The maximum atomic E-state index is 5.29. The molecule has 0 radical (unpaired) electrons. The van der Waals surface area contributed by atoms with E-state index in [9.17, 15) is 0 Å². The molecule has 2 aliphatic rings. The minimum Gasteiger partial charge on any atom is -0.371 e. The molecule has 0 aliphatic carbocycles. The molecular weight excluding hydrogens is 236 g/mol. The van der Waals surface area contributed by atoms with Crippen LogP contribution >= 0.6 is 0 Å². The Kier molecular flexibility index (Phi) is 2.01. The molecule has 0 saturated heterocycles. The molecule has 0 aromatic heterocycles. The van der Waals surface area contributed by atoms with Crippen LogP contribution in [0.4, 0.5) is 5.69 Å². The highest BCUT2D eigenvalue weighted by molar-refractivity contribution is 6.19. The van der Waals surface area contributed by atoms with Crippen LogP contribution < -0.4 is 4.90 Å². The molecule has 2 aromatic rings. The van der Waals surface area contributed by atoms with Crippen molar-refractivity contribution in [3.05, 3.63) is 53.1 Å². The summed E-state index contributed by atoms with van der Waals surface area (Å²) in [4.78, 5) is 7.42. The Morgan fingerprint density at radius 1 is 1.00 bits per heavy atom. The fraction of sp³-hybridized carbons (Fsp3) is 0.188. The van der Waals surface area contributed by atoms with E-state index < -0.39 is 0 Å². The van der Waals surface area contributed by atoms with Crippen molar-refractivity contribution in [2.75, 3.05) is 11.6 Å². The number of nitrogens with zero attached hydrogens (tertiary/aromatic N) is 2. The number of rotatable bonds is 0. The van der Waals surface area contributed by atoms with E-state index in [1.54, 1.807) is 0 Å². The zero-order valence-corrected chi connectivity index (χ0v) is 11.0. The number of hydrogen-bond acceptors (Lipinski definition) is 3. The molecule has 3 nitrogen and oxygen atoms in total. The second-order valence-corrected chi connectivity index (χ2v) is 5.10. The number of oxime groups is 1. The SMILES string of the molecule is Cc1cc2c(cc1C)-c1ccccc1N1CON=C21. The van der Waals surface area contributed by atoms with Crippen LogP contribution in [0.2, 0.25) is 0 Å². The van der Waals surface area contributed by atoms with Crippen LogP contribution in [-0.2, 0) is 4.84 Å². The van der Waals surface area contributed by atoms with Crippen LogP contribution in [0.25, 0.3) is 11.1 Å². The standard InChI is InChI=1S/C16H14N2O/c1-10-7-13-12-5-3-4-6-15(12)18-9-19-17-16(18)14(13)8-11(10)2/h3-8H,9H2,1-2H3. The normalized spacial score (nSPS) is 15.3. The van der Waals surface area contributed by atoms with Gasteiger partial charge >= 0.3 is 0 Å². The average Bonchev–Trinajstić information content (AvgIpc) is 2.91. The zero-order valence-electron chi connectivity index (χ0n) is 11.0. The van der Waals surface area contributed by atoms with Crippen molar-refractivity contribution in [2.45, 2.75) is 13.8 Å². The molecule has 3 heteroatoms. The van der Waals surface area contributed by atoms with Crippen molar-refractivity contribution < 1.29 is 4.84 Å². The fourth-order valence-corrected chi connectivity index (χ4v) is 2.80. The maximum absolute atomic E-state index is 5.29. The fourth-order valence-electron chi connectivity index (χ4n) is 2.80. The van der Waals surface area contributed by atoms with Crippen molar-refractivity contribution in [3.63, 3.8) is 0 Å². The lowest BCUT2D eigenvalue weighted by molar-refractivity contribution is 0.174. The lowest BCUT2D eigenvalue weighted by Gasteiger charge is -2.28. The molecule has 4 rings (SSSR count). The minimum atomic E-state index is 0.499. The van der Waals surface area contributed by atoms with Crippen molar-refractivity contribution >= 4 is 11.5 Å². The molecule has 0 amide bonds. The third-order valence-corrected chi connectivity index (χ3v) is 3.95. The van der Waals surface area contributed by atoms with E-state index in [0.29, 0.717) is 6.73 Å². The number of benzene rings is 2. The van der Waals surface area contributed by atoms with Crippen molar-refractivity contribution in [1.29, 1.82) is 0 Å². The van der Waals surface area contributed by atoms with E-state index in [-0.39, 0.29) is 0 Å². The summed E-state index contributed by atoms with van der Waals surface area (Å²) >= 11 is 0. The van der Waals surface area contributed by atoms with E-state index in [1.165, 1.54) is 33.5 Å². The van der Waals surface area contributed by atoms with Crippen LogP contribution in [0.5, 0.6) is 0 Å². The van der Waals surface area contributed by atoms with Gasteiger partial charge in [0.1, 0.15) is 0 Å². The molecule has 0 saturated carbocycles. The highest BCUT2D eigenvalue weighted by atomic mass is 16.7. The van der Waals surface area contributed by atoms with Crippen molar-refractivity contribution in [1.82, 2.24) is 0 Å². The summed E-state index contributed by atoms with van der Waals surface area (Å²) in [6, 6.07) is 12.9. The second kappa shape index (κ2) is 3.60. The Morgan fingerprint density at radius 3 is 2.58 bits per heavy atom. The predicted molar refractivity (Wildman–Crippen MR) is 76.3 cm³/mol. The first kappa shape index (κ1) is 10.6. The van der Waals surface area contributed by atoms with Gasteiger partial charge in [-0.05, 0) is 42.7 Å². The predicted octanol–water partition coefficient (Wildman–Crippen LogP) is 3.44. The van der Waals surface area contributed by atoms with Crippen LogP contribution in [0, 0.1) is 13.8 Å². The lowest BCUT2D eigenvalue weighted by atomic mass is 9.89. The molecule has 19 heavy (non-hydrogen) atoms. The van der Waals surface area contributed by atoms with Crippen LogP contribution in [0.1, 0.15) is 16.7 Å². The molecule has 0 atom stereocenters. The Morgan fingerprint density at radius 2 is 1.74 bits per heavy atom. The number of para-hydroxylation sites is 1. The molecule has 0 bridgehead atoms. The average molecular weight is 250 g/mol. The molecule has 2 aliphatic heterocycles. The second-order valence-electron chi connectivity index (χ2n) is 5.10. The summed E-state index contributed by atoms with van der Waals surface area (Å²) in [6.45, 7) is 4.78. The molecular formula is C16H14N2O. The summed E-state index contributed by atoms with van der Waals surface area (Å²) in [6.07, 6.45) is 0. The smallest absolute Gasteiger partial charge is 0.195 e. The van der Waals surface area contributed by atoms with Gasteiger partial charge in [0.2, 0.25) is 0 Å². The highest BCUT2D eigenvalue weighted by Gasteiger charge is 2.31. The number of hydrogen-bond donors (Lipinski definition) is 0. The number of fused-ring (bicyclic) bond motifs is 6.